The van der Waals surface area contributed by atoms with Crippen LogP contribution >= 0.6 is 0 Å². The minimum atomic E-state index is -0.545. The van der Waals surface area contributed by atoms with E-state index in [4.69, 9.17) is 5.73 Å². The predicted molar refractivity (Wildman–Crippen MR) is 64.0 cm³/mol. The molecule has 2 aliphatic carbocycles. The van der Waals surface area contributed by atoms with Crippen molar-refractivity contribution in [3.63, 3.8) is 0 Å². The molecule has 0 aliphatic heterocycles. The molecule has 0 spiro atoms. The van der Waals surface area contributed by atoms with Gasteiger partial charge < -0.3 is 11.1 Å². The number of nitrogens with one attached hydrogen (secondary N) is 1. The Morgan fingerprint density at radius 1 is 1.50 bits per heavy atom. The van der Waals surface area contributed by atoms with Crippen molar-refractivity contribution in [2.45, 2.75) is 50.6 Å². The SMILES string of the molecule is CCN(CCNC(=O)C1(N)CCC1)C1CC1. The molecule has 0 unspecified atom stereocenters. The fourth-order valence-electron chi connectivity index (χ4n) is 2.31. The Kier molecular flexibility index (Phi) is 3.50. The van der Waals surface area contributed by atoms with E-state index in [-0.39, 0.29) is 5.91 Å². The van der Waals surface area contributed by atoms with Crippen LogP contribution in [0.4, 0.5) is 0 Å². The standard InChI is InChI=1S/C12H23N3O/c1-2-15(10-4-5-10)9-8-14-11(16)12(13)6-3-7-12/h10H,2-9,13H2,1H3,(H,14,16). The van der Waals surface area contributed by atoms with Gasteiger partial charge in [0.25, 0.3) is 0 Å². The fourth-order valence-corrected chi connectivity index (χ4v) is 2.31. The van der Waals surface area contributed by atoms with Gasteiger partial charge in [0.05, 0.1) is 5.54 Å². The van der Waals surface area contributed by atoms with E-state index in [1.807, 2.05) is 0 Å². The summed E-state index contributed by atoms with van der Waals surface area (Å²) in [5, 5.41) is 2.97. The summed E-state index contributed by atoms with van der Waals surface area (Å²) < 4.78 is 0. The van der Waals surface area contributed by atoms with E-state index in [0.29, 0.717) is 0 Å². The quantitative estimate of drug-likeness (QED) is 0.691. The number of hydrogen-bond acceptors (Lipinski definition) is 3. The van der Waals surface area contributed by atoms with Gasteiger partial charge in [0, 0.05) is 19.1 Å². The molecule has 2 aliphatic rings. The number of nitrogens with zero attached hydrogens (tertiary/aromatic N) is 1. The molecule has 0 aromatic heterocycles. The molecule has 0 heterocycles. The largest absolute Gasteiger partial charge is 0.353 e. The van der Waals surface area contributed by atoms with Crippen LogP contribution < -0.4 is 11.1 Å². The Bertz CT molecular complexity index is 259. The van der Waals surface area contributed by atoms with E-state index in [0.717, 1.165) is 44.9 Å². The van der Waals surface area contributed by atoms with Gasteiger partial charge in [-0.2, -0.15) is 0 Å². The Morgan fingerprint density at radius 3 is 2.62 bits per heavy atom. The van der Waals surface area contributed by atoms with Crippen molar-refractivity contribution in [2.75, 3.05) is 19.6 Å². The zero-order valence-corrected chi connectivity index (χ0v) is 10.2. The second-order valence-corrected chi connectivity index (χ2v) is 5.13. The molecule has 0 aromatic carbocycles. The normalized spacial score (nSPS) is 22.9. The molecule has 0 bridgehead atoms. The summed E-state index contributed by atoms with van der Waals surface area (Å²) in [6, 6.07) is 0.775. The number of carbonyl (C=O) groups is 1. The van der Waals surface area contributed by atoms with Gasteiger partial charge in [-0.3, -0.25) is 9.69 Å². The number of amides is 1. The Hall–Kier alpha value is -0.610. The monoisotopic (exact) mass is 225 g/mol. The first-order valence-corrected chi connectivity index (χ1v) is 6.47. The average molecular weight is 225 g/mol. The van der Waals surface area contributed by atoms with Crippen LogP contribution in [0.1, 0.15) is 39.0 Å². The molecule has 2 rings (SSSR count). The Balaban J connectivity index is 1.65. The number of likely N-dealkylation sites (N-methyl/N-ethyl adjacent to an activating group) is 1. The van der Waals surface area contributed by atoms with Crippen LogP contribution in [0.15, 0.2) is 0 Å². The lowest BCUT2D eigenvalue weighted by Crippen LogP contribution is -2.59. The summed E-state index contributed by atoms with van der Waals surface area (Å²) in [6.45, 7) is 4.95. The highest BCUT2D eigenvalue weighted by atomic mass is 16.2. The van der Waals surface area contributed by atoms with Crippen LogP contribution in [-0.4, -0.2) is 42.0 Å². The van der Waals surface area contributed by atoms with Gasteiger partial charge in [0.2, 0.25) is 5.91 Å². The summed E-state index contributed by atoms with van der Waals surface area (Å²) in [7, 11) is 0. The van der Waals surface area contributed by atoms with Gasteiger partial charge in [-0.1, -0.05) is 6.92 Å². The lowest BCUT2D eigenvalue weighted by atomic mass is 9.77. The molecule has 92 valence electrons. The maximum atomic E-state index is 11.7. The van der Waals surface area contributed by atoms with E-state index in [1.165, 1.54) is 12.8 Å². The van der Waals surface area contributed by atoms with Crippen molar-refractivity contribution in [1.29, 1.82) is 0 Å². The fraction of sp³-hybridized carbons (Fsp3) is 0.917. The van der Waals surface area contributed by atoms with Crippen LogP contribution in [0.5, 0.6) is 0 Å². The van der Waals surface area contributed by atoms with E-state index in [1.54, 1.807) is 0 Å². The van der Waals surface area contributed by atoms with Gasteiger partial charge in [-0.25, -0.2) is 0 Å². The molecule has 4 heteroatoms. The van der Waals surface area contributed by atoms with Gasteiger partial charge in [0.1, 0.15) is 0 Å². The second-order valence-electron chi connectivity index (χ2n) is 5.13. The number of nitrogens with two attached hydrogens (primary N) is 1. The van der Waals surface area contributed by atoms with Crippen LogP contribution in [0.2, 0.25) is 0 Å². The Labute approximate surface area is 97.6 Å². The summed E-state index contributed by atoms with van der Waals surface area (Å²) in [5.74, 6) is 0.0469. The van der Waals surface area contributed by atoms with E-state index < -0.39 is 5.54 Å². The summed E-state index contributed by atoms with van der Waals surface area (Å²) in [5.41, 5.74) is 5.40. The molecular weight excluding hydrogens is 202 g/mol. The van der Waals surface area contributed by atoms with Gasteiger partial charge in [-0.05, 0) is 38.6 Å². The van der Waals surface area contributed by atoms with Gasteiger partial charge in [-0.15, -0.1) is 0 Å². The van der Waals surface area contributed by atoms with Gasteiger partial charge in [0.15, 0.2) is 0 Å². The number of hydrogen-bond donors (Lipinski definition) is 2. The molecule has 0 radical (unpaired) electrons. The zero-order chi connectivity index (χ0) is 11.6. The molecule has 2 fully saturated rings. The highest BCUT2D eigenvalue weighted by Gasteiger charge is 2.39. The molecule has 0 atom stereocenters. The maximum Gasteiger partial charge on any atom is 0.240 e. The van der Waals surface area contributed by atoms with Crippen molar-refractivity contribution in [1.82, 2.24) is 10.2 Å². The molecule has 16 heavy (non-hydrogen) atoms. The number of rotatable bonds is 6. The van der Waals surface area contributed by atoms with Crippen LogP contribution in [0.25, 0.3) is 0 Å². The molecule has 3 N–H and O–H groups in total. The minimum absolute atomic E-state index is 0.0469. The molecule has 0 saturated heterocycles. The zero-order valence-electron chi connectivity index (χ0n) is 10.2. The lowest BCUT2D eigenvalue weighted by Gasteiger charge is -2.36. The average Bonchev–Trinajstić information content (AvgIpc) is 3.04. The first kappa shape index (κ1) is 11.9. The van der Waals surface area contributed by atoms with Gasteiger partial charge >= 0.3 is 0 Å². The van der Waals surface area contributed by atoms with Crippen LogP contribution in [0, 0.1) is 0 Å². The summed E-state index contributed by atoms with van der Waals surface area (Å²) in [4.78, 5) is 14.2. The molecule has 2 saturated carbocycles. The first-order chi connectivity index (χ1) is 7.65. The van der Waals surface area contributed by atoms with Crippen LogP contribution in [-0.2, 0) is 4.79 Å². The number of carbonyl (C=O) groups excluding carboxylic acids is 1. The predicted octanol–water partition coefficient (Wildman–Crippen LogP) is 0.468. The van der Waals surface area contributed by atoms with Crippen molar-refractivity contribution >= 4 is 5.91 Å². The molecule has 1 amide bonds. The molecule has 0 aromatic rings. The Morgan fingerprint density at radius 2 is 2.19 bits per heavy atom. The van der Waals surface area contributed by atoms with Crippen molar-refractivity contribution in [2.24, 2.45) is 5.73 Å². The van der Waals surface area contributed by atoms with Crippen molar-refractivity contribution in [3.8, 4) is 0 Å². The van der Waals surface area contributed by atoms with E-state index in [9.17, 15) is 4.79 Å². The third-order valence-corrected chi connectivity index (χ3v) is 3.85. The third kappa shape index (κ3) is 2.55. The smallest absolute Gasteiger partial charge is 0.240 e. The lowest BCUT2D eigenvalue weighted by molar-refractivity contribution is -0.129. The van der Waals surface area contributed by atoms with Crippen molar-refractivity contribution in [3.05, 3.63) is 0 Å². The van der Waals surface area contributed by atoms with E-state index >= 15 is 0 Å². The highest BCUT2D eigenvalue weighted by Crippen LogP contribution is 2.29. The molecule has 4 nitrogen and oxygen atoms in total. The summed E-state index contributed by atoms with van der Waals surface area (Å²) in [6.07, 6.45) is 5.43. The second kappa shape index (κ2) is 4.72. The topological polar surface area (TPSA) is 58.4 Å². The van der Waals surface area contributed by atoms with Crippen molar-refractivity contribution < 1.29 is 4.79 Å². The summed E-state index contributed by atoms with van der Waals surface area (Å²) >= 11 is 0. The minimum Gasteiger partial charge on any atom is -0.353 e. The highest BCUT2D eigenvalue weighted by molar-refractivity contribution is 5.86. The maximum absolute atomic E-state index is 11.7. The third-order valence-electron chi connectivity index (χ3n) is 3.85. The first-order valence-electron chi connectivity index (χ1n) is 6.47. The van der Waals surface area contributed by atoms with E-state index in [2.05, 4.69) is 17.1 Å². The van der Waals surface area contributed by atoms with Crippen LogP contribution in [0.3, 0.4) is 0 Å². The molecular formula is C12H23N3O.